The molecule has 1 heterocycles. The summed E-state index contributed by atoms with van der Waals surface area (Å²) < 4.78 is 5.12. The number of likely N-dealkylation sites (tertiary alicyclic amines) is 1. The van der Waals surface area contributed by atoms with E-state index in [9.17, 15) is 9.59 Å². The van der Waals surface area contributed by atoms with Gasteiger partial charge in [-0.05, 0) is 67.2 Å². The van der Waals surface area contributed by atoms with E-state index >= 15 is 0 Å². The number of carbonyl (C=O) groups is 2. The van der Waals surface area contributed by atoms with Gasteiger partial charge in [-0.2, -0.15) is 0 Å². The number of ether oxygens (including phenoxy) is 1. The minimum Gasteiger partial charge on any atom is -0.497 e. The molecule has 2 amide bonds. The third-order valence-electron chi connectivity index (χ3n) is 5.68. The van der Waals surface area contributed by atoms with Crippen molar-refractivity contribution in [2.75, 3.05) is 20.2 Å². The Morgan fingerprint density at radius 3 is 2.16 bits per heavy atom. The molecule has 3 rings (SSSR count). The summed E-state index contributed by atoms with van der Waals surface area (Å²) in [5.41, 5.74) is 2.83. The molecule has 0 saturated carbocycles. The molecule has 166 valence electrons. The van der Waals surface area contributed by atoms with Crippen LogP contribution >= 0.6 is 0 Å². The van der Waals surface area contributed by atoms with Crippen molar-refractivity contribution in [1.82, 2.24) is 15.5 Å². The summed E-state index contributed by atoms with van der Waals surface area (Å²) in [6, 6.07) is 14.6. The fraction of sp³-hybridized carbons (Fsp3) is 0.440. The van der Waals surface area contributed by atoms with Gasteiger partial charge >= 0.3 is 0 Å². The van der Waals surface area contributed by atoms with Crippen molar-refractivity contribution in [1.29, 1.82) is 0 Å². The molecule has 0 bridgehead atoms. The molecule has 2 aromatic rings. The van der Waals surface area contributed by atoms with Crippen molar-refractivity contribution in [3.05, 3.63) is 65.2 Å². The molecule has 0 aromatic heterocycles. The zero-order valence-electron chi connectivity index (χ0n) is 18.7. The van der Waals surface area contributed by atoms with Crippen LogP contribution in [0.5, 0.6) is 5.75 Å². The number of rotatable bonds is 9. The molecule has 0 radical (unpaired) electrons. The Hall–Kier alpha value is -2.86. The van der Waals surface area contributed by atoms with Crippen LogP contribution in [0.25, 0.3) is 0 Å². The molecule has 0 aliphatic carbocycles. The van der Waals surface area contributed by atoms with Crippen molar-refractivity contribution < 1.29 is 14.3 Å². The molecule has 1 aliphatic heterocycles. The van der Waals surface area contributed by atoms with Crippen molar-refractivity contribution in [3.63, 3.8) is 0 Å². The van der Waals surface area contributed by atoms with Gasteiger partial charge in [0.1, 0.15) is 11.8 Å². The summed E-state index contributed by atoms with van der Waals surface area (Å²) in [7, 11) is 1.58. The Morgan fingerprint density at radius 2 is 1.58 bits per heavy atom. The highest BCUT2D eigenvalue weighted by atomic mass is 16.5. The van der Waals surface area contributed by atoms with Gasteiger partial charge < -0.3 is 15.4 Å². The Labute approximate surface area is 185 Å². The van der Waals surface area contributed by atoms with Gasteiger partial charge in [-0.25, -0.2) is 0 Å². The van der Waals surface area contributed by atoms with Crippen molar-refractivity contribution in [2.24, 2.45) is 5.92 Å². The van der Waals surface area contributed by atoms with Crippen LogP contribution in [0.1, 0.15) is 48.2 Å². The Bertz CT molecular complexity index is 857. The number of hydrogen-bond acceptors (Lipinski definition) is 4. The van der Waals surface area contributed by atoms with E-state index in [-0.39, 0.29) is 17.7 Å². The van der Waals surface area contributed by atoms with Gasteiger partial charge in [0.15, 0.2) is 0 Å². The second-order valence-electron chi connectivity index (χ2n) is 8.44. The van der Waals surface area contributed by atoms with Gasteiger partial charge in [-0.15, -0.1) is 0 Å². The van der Waals surface area contributed by atoms with E-state index < -0.39 is 6.04 Å². The maximum atomic E-state index is 12.8. The monoisotopic (exact) mass is 423 g/mol. The lowest BCUT2D eigenvalue weighted by molar-refractivity contribution is -0.124. The van der Waals surface area contributed by atoms with E-state index in [1.165, 1.54) is 31.5 Å². The Morgan fingerprint density at radius 1 is 0.968 bits per heavy atom. The molecule has 1 atom stereocenters. The van der Waals surface area contributed by atoms with E-state index in [2.05, 4.69) is 39.8 Å². The van der Waals surface area contributed by atoms with E-state index in [0.717, 1.165) is 12.1 Å². The van der Waals surface area contributed by atoms with Crippen LogP contribution in [0.4, 0.5) is 0 Å². The zero-order chi connectivity index (χ0) is 22.2. The fourth-order valence-corrected chi connectivity index (χ4v) is 3.76. The first-order chi connectivity index (χ1) is 15.0. The standard InChI is InChI=1S/C25H33N3O3/c1-18(2)23(27-24(29)21-10-12-22(31-3)13-11-21)25(30)26-16-19-6-8-20(9-7-19)17-28-14-4-5-15-28/h6-13,18,23H,4-5,14-17H2,1-3H3,(H,26,30)(H,27,29)/t23-/m0/s1. The lowest BCUT2D eigenvalue weighted by atomic mass is 10.0. The molecule has 6 nitrogen and oxygen atoms in total. The van der Waals surface area contributed by atoms with E-state index in [1.54, 1.807) is 31.4 Å². The second kappa shape index (κ2) is 11.0. The highest BCUT2D eigenvalue weighted by Crippen LogP contribution is 2.14. The van der Waals surface area contributed by atoms with Crippen LogP contribution in [0.2, 0.25) is 0 Å². The smallest absolute Gasteiger partial charge is 0.251 e. The maximum Gasteiger partial charge on any atom is 0.251 e. The fourth-order valence-electron chi connectivity index (χ4n) is 3.76. The largest absolute Gasteiger partial charge is 0.497 e. The van der Waals surface area contributed by atoms with E-state index in [1.807, 2.05) is 13.8 Å². The average molecular weight is 424 g/mol. The predicted octanol–water partition coefficient (Wildman–Crippen LogP) is 3.36. The topological polar surface area (TPSA) is 70.7 Å². The molecule has 31 heavy (non-hydrogen) atoms. The normalized spacial score (nSPS) is 15.0. The lowest BCUT2D eigenvalue weighted by Gasteiger charge is -2.22. The second-order valence-corrected chi connectivity index (χ2v) is 8.44. The molecule has 1 saturated heterocycles. The van der Waals surface area contributed by atoms with Crippen LogP contribution in [-0.4, -0.2) is 43.0 Å². The number of amides is 2. The van der Waals surface area contributed by atoms with Crippen LogP contribution in [0.3, 0.4) is 0 Å². The Balaban J connectivity index is 1.53. The van der Waals surface area contributed by atoms with Gasteiger partial charge in [0, 0.05) is 18.7 Å². The van der Waals surface area contributed by atoms with Crippen molar-refractivity contribution in [2.45, 2.75) is 45.8 Å². The summed E-state index contributed by atoms with van der Waals surface area (Å²) in [5, 5.41) is 5.82. The number of carbonyl (C=O) groups excluding carboxylic acids is 2. The molecule has 1 fully saturated rings. The third kappa shape index (κ3) is 6.56. The van der Waals surface area contributed by atoms with Crippen LogP contribution < -0.4 is 15.4 Å². The van der Waals surface area contributed by atoms with Gasteiger partial charge in [0.2, 0.25) is 5.91 Å². The van der Waals surface area contributed by atoms with Crippen molar-refractivity contribution in [3.8, 4) is 5.75 Å². The highest BCUT2D eigenvalue weighted by molar-refractivity contribution is 5.97. The highest BCUT2D eigenvalue weighted by Gasteiger charge is 2.24. The number of benzene rings is 2. The van der Waals surface area contributed by atoms with Gasteiger partial charge in [0.05, 0.1) is 7.11 Å². The first-order valence-electron chi connectivity index (χ1n) is 11.0. The summed E-state index contributed by atoms with van der Waals surface area (Å²) in [4.78, 5) is 27.8. The first kappa shape index (κ1) is 22.8. The average Bonchev–Trinajstić information content (AvgIpc) is 3.29. The molecular formula is C25H33N3O3. The quantitative estimate of drug-likeness (QED) is 0.649. The molecule has 2 N–H and O–H groups in total. The summed E-state index contributed by atoms with van der Waals surface area (Å²) in [6.45, 7) is 7.62. The predicted molar refractivity (Wildman–Crippen MR) is 122 cm³/mol. The zero-order valence-corrected chi connectivity index (χ0v) is 18.7. The van der Waals surface area contributed by atoms with Gasteiger partial charge in [-0.1, -0.05) is 38.1 Å². The molecule has 2 aromatic carbocycles. The molecule has 0 unspecified atom stereocenters. The maximum absolute atomic E-state index is 12.8. The van der Waals surface area contributed by atoms with Gasteiger partial charge in [0.25, 0.3) is 5.91 Å². The summed E-state index contributed by atoms with van der Waals surface area (Å²) in [5.74, 6) is 0.187. The number of methoxy groups -OCH3 is 1. The van der Waals surface area contributed by atoms with E-state index in [4.69, 9.17) is 4.74 Å². The molecule has 0 spiro atoms. The summed E-state index contributed by atoms with van der Waals surface area (Å²) in [6.07, 6.45) is 2.58. The minimum atomic E-state index is -0.607. The summed E-state index contributed by atoms with van der Waals surface area (Å²) >= 11 is 0. The third-order valence-corrected chi connectivity index (χ3v) is 5.68. The minimum absolute atomic E-state index is 0.0370. The molecular weight excluding hydrogens is 390 g/mol. The molecule has 1 aliphatic rings. The number of nitrogens with zero attached hydrogens (tertiary/aromatic N) is 1. The Kier molecular flexibility index (Phi) is 8.06. The van der Waals surface area contributed by atoms with Crippen LogP contribution in [0, 0.1) is 5.92 Å². The van der Waals surface area contributed by atoms with Gasteiger partial charge in [-0.3, -0.25) is 14.5 Å². The molecule has 6 heteroatoms. The van der Waals surface area contributed by atoms with E-state index in [0.29, 0.717) is 17.9 Å². The lowest BCUT2D eigenvalue weighted by Crippen LogP contribution is -2.49. The number of hydrogen-bond donors (Lipinski definition) is 2. The van der Waals surface area contributed by atoms with Crippen LogP contribution in [0.15, 0.2) is 48.5 Å². The van der Waals surface area contributed by atoms with Crippen molar-refractivity contribution >= 4 is 11.8 Å². The van der Waals surface area contributed by atoms with Crippen LogP contribution in [-0.2, 0) is 17.9 Å². The number of nitrogens with one attached hydrogen (secondary N) is 2. The SMILES string of the molecule is COc1ccc(C(=O)N[C@H](C(=O)NCc2ccc(CN3CCCC3)cc2)C(C)C)cc1. The first-order valence-corrected chi connectivity index (χ1v) is 11.0.